The molecule has 0 saturated carbocycles. The van der Waals surface area contributed by atoms with Crippen molar-refractivity contribution in [3.05, 3.63) is 68.4 Å². The zero-order chi connectivity index (χ0) is 15.2. The molecule has 0 unspecified atom stereocenters. The first kappa shape index (κ1) is 14.9. The van der Waals surface area contributed by atoms with Crippen molar-refractivity contribution in [2.45, 2.75) is 13.0 Å². The SMILES string of the molecule is C[C@@H](NC(=O)/C=C/c1cccc([N+](=O)[O-])c1)c1cccs1. The summed E-state index contributed by atoms with van der Waals surface area (Å²) in [6.45, 7) is 1.91. The molecule has 0 aliphatic rings. The number of rotatable bonds is 5. The van der Waals surface area contributed by atoms with Gasteiger partial charge in [-0.2, -0.15) is 0 Å². The number of nitro benzene ring substituents is 1. The third-order valence-corrected chi connectivity index (χ3v) is 3.89. The van der Waals surface area contributed by atoms with E-state index in [4.69, 9.17) is 0 Å². The highest BCUT2D eigenvalue weighted by Gasteiger charge is 2.08. The summed E-state index contributed by atoms with van der Waals surface area (Å²) < 4.78 is 0. The van der Waals surface area contributed by atoms with Crippen molar-refractivity contribution < 1.29 is 9.72 Å². The van der Waals surface area contributed by atoms with Gasteiger partial charge < -0.3 is 5.32 Å². The van der Waals surface area contributed by atoms with E-state index >= 15 is 0 Å². The molecule has 1 aromatic heterocycles. The van der Waals surface area contributed by atoms with Gasteiger partial charge in [-0.25, -0.2) is 0 Å². The van der Waals surface area contributed by atoms with Gasteiger partial charge in [0.05, 0.1) is 11.0 Å². The lowest BCUT2D eigenvalue weighted by molar-refractivity contribution is -0.384. The Bertz CT molecular complexity index is 665. The molecule has 0 radical (unpaired) electrons. The van der Waals surface area contributed by atoms with E-state index in [1.807, 2.05) is 24.4 Å². The molecule has 6 heteroatoms. The molecule has 0 saturated heterocycles. The summed E-state index contributed by atoms with van der Waals surface area (Å²) in [5, 5.41) is 15.5. The van der Waals surface area contributed by atoms with Crippen LogP contribution in [0.4, 0.5) is 5.69 Å². The molecular formula is C15H14N2O3S. The van der Waals surface area contributed by atoms with Crippen LogP contribution < -0.4 is 5.32 Å². The van der Waals surface area contributed by atoms with Gasteiger partial charge >= 0.3 is 0 Å². The summed E-state index contributed by atoms with van der Waals surface area (Å²) >= 11 is 1.58. The smallest absolute Gasteiger partial charge is 0.270 e. The Morgan fingerprint density at radius 2 is 2.19 bits per heavy atom. The molecule has 2 rings (SSSR count). The Kier molecular flexibility index (Phi) is 4.84. The maximum Gasteiger partial charge on any atom is 0.270 e. The molecule has 1 heterocycles. The zero-order valence-electron chi connectivity index (χ0n) is 11.4. The number of nitrogens with one attached hydrogen (secondary N) is 1. The Morgan fingerprint density at radius 1 is 1.38 bits per heavy atom. The fourth-order valence-corrected chi connectivity index (χ4v) is 2.52. The maximum atomic E-state index is 11.8. The van der Waals surface area contributed by atoms with Gasteiger partial charge in [-0.3, -0.25) is 14.9 Å². The van der Waals surface area contributed by atoms with Gasteiger partial charge in [0.1, 0.15) is 0 Å². The summed E-state index contributed by atoms with van der Waals surface area (Å²) in [5.41, 5.74) is 0.618. The van der Waals surface area contributed by atoms with Gasteiger partial charge in [0, 0.05) is 23.1 Å². The molecule has 0 spiro atoms. The van der Waals surface area contributed by atoms with Crippen molar-refractivity contribution in [3.63, 3.8) is 0 Å². The molecule has 0 aliphatic heterocycles. The molecule has 0 bridgehead atoms. The Morgan fingerprint density at radius 3 is 2.86 bits per heavy atom. The Labute approximate surface area is 126 Å². The minimum Gasteiger partial charge on any atom is -0.345 e. The van der Waals surface area contributed by atoms with Crippen LogP contribution in [0.1, 0.15) is 23.4 Å². The highest BCUT2D eigenvalue weighted by atomic mass is 32.1. The van der Waals surface area contributed by atoms with Crippen LogP contribution in [0.25, 0.3) is 6.08 Å². The van der Waals surface area contributed by atoms with Crippen molar-refractivity contribution in [2.75, 3.05) is 0 Å². The van der Waals surface area contributed by atoms with E-state index in [2.05, 4.69) is 5.32 Å². The molecular weight excluding hydrogens is 288 g/mol. The number of benzene rings is 1. The Balaban J connectivity index is 1.99. The molecule has 108 valence electrons. The van der Waals surface area contributed by atoms with E-state index in [1.54, 1.807) is 29.5 Å². The van der Waals surface area contributed by atoms with Crippen molar-refractivity contribution in [1.29, 1.82) is 0 Å². The molecule has 1 atom stereocenters. The number of amides is 1. The second-order valence-corrected chi connectivity index (χ2v) is 5.41. The number of hydrogen-bond acceptors (Lipinski definition) is 4. The molecule has 1 aromatic carbocycles. The molecule has 1 N–H and O–H groups in total. The number of non-ortho nitro benzene ring substituents is 1. The largest absolute Gasteiger partial charge is 0.345 e. The second kappa shape index (κ2) is 6.81. The second-order valence-electron chi connectivity index (χ2n) is 4.43. The van der Waals surface area contributed by atoms with E-state index in [9.17, 15) is 14.9 Å². The quantitative estimate of drug-likeness (QED) is 0.521. The highest BCUT2D eigenvalue weighted by Crippen LogP contribution is 2.18. The van der Waals surface area contributed by atoms with Crippen LogP contribution in [-0.4, -0.2) is 10.8 Å². The number of thiophene rings is 1. The minimum absolute atomic E-state index is 0.00418. The van der Waals surface area contributed by atoms with E-state index in [-0.39, 0.29) is 17.6 Å². The van der Waals surface area contributed by atoms with E-state index in [0.29, 0.717) is 5.56 Å². The van der Waals surface area contributed by atoms with E-state index in [0.717, 1.165) is 4.88 Å². The number of carbonyl (C=O) groups is 1. The molecule has 1 amide bonds. The first-order valence-electron chi connectivity index (χ1n) is 6.32. The monoisotopic (exact) mass is 302 g/mol. The fourth-order valence-electron chi connectivity index (χ4n) is 1.78. The molecule has 0 aliphatic carbocycles. The summed E-state index contributed by atoms with van der Waals surface area (Å²) in [7, 11) is 0. The first-order chi connectivity index (χ1) is 10.1. The van der Waals surface area contributed by atoms with Crippen LogP contribution in [0.15, 0.2) is 47.9 Å². The predicted octanol–water partition coefficient (Wildman–Crippen LogP) is 3.55. The van der Waals surface area contributed by atoms with Crippen molar-refractivity contribution >= 4 is 29.0 Å². The lowest BCUT2D eigenvalue weighted by Gasteiger charge is -2.09. The van der Waals surface area contributed by atoms with E-state index < -0.39 is 4.92 Å². The highest BCUT2D eigenvalue weighted by molar-refractivity contribution is 7.10. The summed E-state index contributed by atoms with van der Waals surface area (Å²) in [6, 6.07) is 9.96. The van der Waals surface area contributed by atoms with Crippen LogP contribution in [0.2, 0.25) is 0 Å². The molecule has 21 heavy (non-hydrogen) atoms. The van der Waals surface area contributed by atoms with Crippen LogP contribution in [0.5, 0.6) is 0 Å². The van der Waals surface area contributed by atoms with Gasteiger partial charge in [-0.05, 0) is 30.0 Å². The standard InChI is InChI=1S/C15H14N2O3S/c1-11(14-6-3-9-21-14)16-15(18)8-7-12-4-2-5-13(10-12)17(19)20/h2-11H,1H3,(H,16,18)/b8-7+/t11-/m1/s1. The van der Waals surface area contributed by atoms with Gasteiger partial charge in [-0.1, -0.05) is 18.2 Å². The van der Waals surface area contributed by atoms with Crippen LogP contribution in [-0.2, 0) is 4.79 Å². The molecule has 5 nitrogen and oxygen atoms in total. The van der Waals surface area contributed by atoms with E-state index in [1.165, 1.54) is 18.2 Å². The zero-order valence-corrected chi connectivity index (χ0v) is 12.2. The van der Waals surface area contributed by atoms with Gasteiger partial charge in [-0.15, -0.1) is 11.3 Å². The maximum absolute atomic E-state index is 11.8. The summed E-state index contributed by atoms with van der Waals surface area (Å²) in [4.78, 5) is 23.1. The number of carbonyl (C=O) groups excluding carboxylic acids is 1. The number of nitrogens with zero attached hydrogens (tertiary/aromatic N) is 1. The summed E-state index contributed by atoms with van der Waals surface area (Å²) in [5.74, 6) is -0.234. The first-order valence-corrected chi connectivity index (χ1v) is 7.20. The predicted molar refractivity (Wildman–Crippen MR) is 83.0 cm³/mol. The number of hydrogen-bond donors (Lipinski definition) is 1. The van der Waals surface area contributed by atoms with Crippen molar-refractivity contribution in [3.8, 4) is 0 Å². The van der Waals surface area contributed by atoms with Gasteiger partial charge in [0.15, 0.2) is 0 Å². The lowest BCUT2D eigenvalue weighted by atomic mass is 10.2. The topological polar surface area (TPSA) is 72.2 Å². The van der Waals surface area contributed by atoms with Gasteiger partial charge in [0.2, 0.25) is 5.91 Å². The third-order valence-electron chi connectivity index (χ3n) is 2.84. The minimum atomic E-state index is -0.462. The fraction of sp³-hybridized carbons (Fsp3) is 0.133. The van der Waals surface area contributed by atoms with Crippen molar-refractivity contribution in [1.82, 2.24) is 5.32 Å². The lowest BCUT2D eigenvalue weighted by Crippen LogP contribution is -2.23. The van der Waals surface area contributed by atoms with Crippen LogP contribution >= 0.6 is 11.3 Å². The molecule has 2 aromatic rings. The average Bonchev–Trinajstić information content (AvgIpc) is 2.99. The number of nitro groups is 1. The summed E-state index contributed by atoms with van der Waals surface area (Å²) in [6.07, 6.45) is 2.94. The van der Waals surface area contributed by atoms with Crippen LogP contribution in [0.3, 0.4) is 0 Å². The van der Waals surface area contributed by atoms with Crippen LogP contribution in [0, 0.1) is 10.1 Å². The Hall–Kier alpha value is -2.47. The molecule has 0 fully saturated rings. The average molecular weight is 302 g/mol. The normalized spacial score (nSPS) is 12.2. The van der Waals surface area contributed by atoms with Crippen molar-refractivity contribution in [2.24, 2.45) is 0 Å². The third kappa shape index (κ3) is 4.25. The van der Waals surface area contributed by atoms with Gasteiger partial charge in [0.25, 0.3) is 5.69 Å².